The number of amides is 2. The lowest BCUT2D eigenvalue weighted by molar-refractivity contribution is -0.125. The van der Waals surface area contributed by atoms with Gasteiger partial charge in [-0.15, -0.1) is 0 Å². The molecule has 2 rings (SSSR count). The molecule has 1 aromatic carbocycles. The fourth-order valence-electron chi connectivity index (χ4n) is 3.26. The van der Waals surface area contributed by atoms with Crippen molar-refractivity contribution in [1.29, 1.82) is 0 Å². The van der Waals surface area contributed by atoms with E-state index in [1.165, 1.54) is 5.57 Å². The molecule has 1 unspecified atom stereocenters. The lowest BCUT2D eigenvalue weighted by Gasteiger charge is -2.33. The van der Waals surface area contributed by atoms with Crippen LogP contribution in [0.1, 0.15) is 50.9 Å². The molecule has 28 heavy (non-hydrogen) atoms. The molecule has 5 nitrogen and oxygen atoms in total. The number of hydrogen-bond donors (Lipinski definition) is 2. The molecule has 6 heteroatoms. The van der Waals surface area contributed by atoms with E-state index in [2.05, 4.69) is 35.5 Å². The van der Waals surface area contributed by atoms with Gasteiger partial charge in [-0.3, -0.25) is 14.5 Å². The Morgan fingerprint density at radius 3 is 2.43 bits per heavy atom. The molecule has 0 spiro atoms. The first-order valence-corrected chi connectivity index (χ1v) is 10.4. The van der Waals surface area contributed by atoms with Crippen molar-refractivity contribution >= 4 is 23.4 Å². The summed E-state index contributed by atoms with van der Waals surface area (Å²) in [5.41, 5.74) is 1.71. The van der Waals surface area contributed by atoms with Crippen LogP contribution >= 0.6 is 11.6 Å². The van der Waals surface area contributed by atoms with Crippen molar-refractivity contribution in [3.05, 3.63) is 46.5 Å². The Morgan fingerprint density at radius 2 is 1.86 bits per heavy atom. The minimum atomic E-state index is -0.590. The van der Waals surface area contributed by atoms with E-state index in [4.69, 9.17) is 11.6 Å². The quantitative estimate of drug-likeness (QED) is 0.681. The first kappa shape index (κ1) is 22.4. The van der Waals surface area contributed by atoms with E-state index >= 15 is 0 Å². The smallest absolute Gasteiger partial charge is 0.253 e. The van der Waals surface area contributed by atoms with Gasteiger partial charge in [0, 0.05) is 25.7 Å². The van der Waals surface area contributed by atoms with Gasteiger partial charge in [0.05, 0.1) is 10.6 Å². The topological polar surface area (TPSA) is 61.4 Å². The summed E-state index contributed by atoms with van der Waals surface area (Å²) >= 11 is 6.11. The second-order valence-electron chi connectivity index (χ2n) is 8.04. The zero-order chi connectivity index (χ0) is 20.7. The van der Waals surface area contributed by atoms with Crippen LogP contribution in [-0.2, 0) is 4.79 Å². The molecule has 2 N–H and O–H groups in total. The van der Waals surface area contributed by atoms with Crippen molar-refractivity contribution in [3.63, 3.8) is 0 Å². The van der Waals surface area contributed by atoms with E-state index in [9.17, 15) is 9.59 Å². The van der Waals surface area contributed by atoms with E-state index in [1.54, 1.807) is 24.3 Å². The third-order valence-electron chi connectivity index (χ3n) is 5.05. The highest BCUT2D eigenvalue weighted by molar-refractivity contribution is 6.33. The molecule has 1 heterocycles. The Kier molecular flexibility index (Phi) is 8.52. The van der Waals surface area contributed by atoms with E-state index in [1.807, 2.05) is 13.8 Å². The number of nitrogens with zero attached hydrogens (tertiary/aromatic N) is 1. The van der Waals surface area contributed by atoms with Crippen molar-refractivity contribution in [2.75, 3.05) is 19.6 Å². The monoisotopic (exact) mass is 405 g/mol. The summed E-state index contributed by atoms with van der Waals surface area (Å²) in [6.07, 6.45) is 4.08. The van der Waals surface area contributed by atoms with Crippen LogP contribution in [-0.4, -0.2) is 48.4 Å². The second-order valence-corrected chi connectivity index (χ2v) is 8.45. The maximum Gasteiger partial charge on any atom is 0.253 e. The minimum Gasteiger partial charge on any atom is -0.351 e. The SMILES string of the molecule is CC(C)=CCN1CCC(NC(=O)C(NC(=O)c2ccccc2Cl)C(C)C)CC1. The Bertz CT molecular complexity index is 705. The standard InChI is InChI=1S/C22H32ClN3O2/c1-15(2)9-12-26-13-10-17(11-14-26)24-22(28)20(16(3)4)25-21(27)18-7-5-6-8-19(18)23/h5-9,16-17,20H,10-14H2,1-4H3,(H,24,28)(H,25,27). The molecule has 0 aliphatic carbocycles. The number of likely N-dealkylation sites (tertiary alicyclic amines) is 1. The summed E-state index contributed by atoms with van der Waals surface area (Å²) in [7, 11) is 0. The fraction of sp³-hybridized carbons (Fsp3) is 0.545. The van der Waals surface area contributed by atoms with Gasteiger partial charge in [0.1, 0.15) is 6.04 Å². The van der Waals surface area contributed by atoms with E-state index in [0.29, 0.717) is 10.6 Å². The third kappa shape index (κ3) is 6.64. The van der Waals surface area contributed by atoms with Crippen LogP contribution in [0.5, 0.6) is 0 Å². The molecule has 1 aliphatic rings. The number of halogens is 1. The van der Waals surface area contributed by atoms with Crippen molar-refractivity contribution in [3.8, 4) is 0 Å². The van der Waals surface area contributed by atoms with Crippen LogP contribution < -0.4 is 10.6 Å². The zero-order valence-electron chi connectivity index (χ0n) is 17.3. The Labute approximate surface area is 173 Å². The summed E-state index contributed by atoms with van der Waals surface area (Å²) in [6, 6.07) is 6.42. The summed E-state index contributed by atoms with van der Waals surface area (Å²) in [5, 5.41) is 6.36. The molecular weight excluding hydrogens is 374 g/mol. The molecule has 154 valence electrons. The van der Waals surface area contributed by atoms with Crippen LogP contribution in [0.2, 0.25) is 5.02 Å². The maximum atomic E-state index is 12.8. The normalized spacial score (nSPS) is 16.5. The number of piperidine rings is 1. The molecular formula is C22H32ClN3O2. The molecule has 0 saturated carbocycles. The largest absolute Gasteiger partial charge is 0.351 e. The zero-order valence-corrected chi connectivity index (χ0v) is 18.1. The highest BCUT2D eigenvalue weighted by Crippen LogP contribution is 2.16. The average molecular weight is 406 g/mol. The highest BCUT2D eigenvalue weighted by atomic mass is 35.5. The van der Waals surface area contributed by atoms with Crippen LogP contribution in [0.15, 0.2) is 35.9 Å². The number of hydrogen-bond acceptors (Lipinski definition) is 3. The molecule has 1 saturated heterocycles. The first-order valence-electron chi connectivity index (χ1n) is 9.99. The molecule has 1 aromatic rings. The van der Waals surface area contributed by atoms with Crippen molar-refractivity contribution in [2.24, 2.45) is 5.92 Å². The van der Waals surface area contributed by atoms with Crippen LogP contribution in [0.4, 0.5) is 0 Å². The van der Waals surface area contributed by atoms with Crippen molar-refractivity contribution in [2.45, 2.75) is 52.6 Å². The average Bonchev–Trinajstić information content (AvgIpc) is 2.65. The first-order chi connectivity index (χ1) is 13.3. The summed E-state index contributed by atoms with van der Waals surface area (Å²) in [6.45, 7) is 11.0. The molecule has 0 aromatic heterocycles. The lowest BCUT2D eigenvalue weighted by atomic mass is 10.00. The summed E-state index contributed by atoms with van der Waals surface area (Å²) in [4.78, 5) is 27.8. The molecule has 1 atom stereocenters. The van der Waals surface area contributed by atoms with Gasteiger partial charge < -0.3 is 10.6 Å². The van der Waals surface area contributed by atoms with Crippen molar-refractivity contribution in [1.82, 2.24) is 15.5 Å². The lowest BCUT2D eigenvalue weighted by Crippen LogP contribution is -2.54. The number of rotatable bonds is 7. The molecule has 0 bridgehead atoms. The van der Waals surface area contributed by atoms with Crippen LogP contribution in [0.25, 0.3) is 0 Å². The van der Waals surface area contributed by atoms with Gasteiger partial charge in [-0.05, 0) is 44.7 Å². The number of allylic oxidation sites excluding steroid dienone is 1. The fourth-order valence-corrected chi connectivity index (χ4v) is 3.48. The van der Waals surface area contributed by atoms with Gasteiger partial charge in [-0.25, -0.2) is 0 Å². The predicted octanol–water partition coefficient (Wildman–Crippen LogP) is 3.64. The van der Waals surface area contributed by atoms with E-state index in [0.717, 1.165) is 32.5 Å². The number of carbonyl (C=O) groups is 2. The second kappa shape index (κ2) is 10.6. The van der Waals surface area contributed by atoms with E-state index in [-0.39, 0.29) is 23.8 Å². The van der Waals surface area contributed by atoms with Gasteiger partial charge in [0.2, 0.25) is 5.91 Å². The molecule has 0 radical (unpaired) electrons. The number of nitrogens with one attached hydrogen (secondary N) is 2. The number of benzene rings is 1. The Balaban J connectivity index is 1.90. The highest BCUT2D eigenvalue weighted by Gasteiger charge is 2.28. The summed E-state index contributed by atoms with van der Waals surface area (Å²) in [5.74, 6) is -0.474. The Morgan fingerprint density at radius 1 is 1.21 bits per heavy atom. The number of carbonyl (C=O) groups excluding carboxylic acids is 2. The van der Waals surface area contributed by atoms with Gasteiger partial charge in [-0.1, -0.05) is 49.2 Å². The third-order valence-corrected chi connectivity index (χ3v) is 5.38. The predicted molar refractivity (Wildman–Crippen MR) is 115 cm³/mol. The van der Waals surface area contributed by atoms with Gasteiger partial charge >= 0.3 is 0 Å². The van der Waals surface area contributed by atoms with Crippen LogP contribution in [0, 0.1) is 5.92 Å². The summed E-state index contributed by atoms with van der Waals surface area (Å²) < 4.78 is 0. The molecule has 1 fully saturated rings. The van der Waals surface area contributed by atoms with Gasteiger partial charge in [0.25, 0.3) is 5.91 Å². The molecule has 1 aliphatic heterocycles. The Hall–Kier alpha value is -1.85. The van der Waals surface area contributed by atoms with Gasteiger partial charge in [0.15, 0.2) is 0 Å². The minimum absolute atomic E-state index is 0.0239. The molecule has 2 amide bonds. The van der Waals surface area contributed by atoms with Crippen molar-refractivity contribution < 1.29 is 9.59 Å². The van der Waals surface area contributed by atoms with E-state index < -0.39 is 6.04 Å². The van der Waals surface area contributed by atoms with Crippen LogP contribution in [0.3, 0.4) is 0 Å². The maximum absolute atomic E-state index is 12.8. The van der Waals surface area contributed by atoms with Gasteiger partial charge in [-0.2, -0.15) is 0 Å².